The number of amides is 3. The highest BCUT2D eigenvalue weighted by Crippen LogP contribution is 2.20. The zero-order valence-corrected chi connectivity index (χ0v) is 11.7. The summed E-state index contributed by atoms with van der Waals surface area (Å²) in [5, 5.41) is 5.35. The Morgan fingerprint density at radius 3 is 2.50 bits per heavy atom. The number of carbonyl (C=O) groups is 2. The second-order valence-corrected chi connectivity index (χ2v) is 4.86. The van der Waals surface area contributed by atoms with Crippen molar-refractivity contribution in [1.82, 2.24) is 5.32 Å². The van der Waals surface area contributed by atoms with E-state index in [1.807, 2.05) is 0 Å². The van der Waals surface area contributed by atoms with Crippen LogP contribution in [0, 0.1) is 5.82 Å². The molecule has 0 radical (unpaired) electrons. The van der Waals surface area contributed by atoms with Gasteiger partial charge in [-0.2, -0.15) is 0 Å². The molecule has 5 nitrogen and oxygen atoms in total. The predicted molar refractivity (Wildman–Crippen MR) is 81.5 cm³/mol. The van der Waals surface area contributed by atoms with Gasteiger partial charge in [-0.05, 0) is 36.4 Å². The summed E-state index contributed by atoms with van der Waals surface area (Å²) in [6.07, 6.45) is 0. The molecule has 112 valence electrons. The van der Waals surface area contributed by atoms with Crippen LogP contribution in [0.2, 0.25) is 0 Å². The molecule has 22 heavy (non-hydrogen) atoms. The Hall–Kier alpha value is -2.89. The smallest absolute Gasteiger partial charge is 0.321 e. The van der Waals surface area contributed by atoms with E-state index in [4.69, 9.17) is 0 Å². The van der Waals surface area contributed by atoms with Gasteiger partial charge in [0.15, 0.2) is 0 Å². The van der Waals surface area contributed by atoms with Crippen molar-refractivity contribution < 1.29 is 14.0 Å². The normalized spacial score (nSPS) is 13.9. The van der Waals surface area contributed by atoms with Crippen molar-refractivity contribution in [2.75, 3.05) is 23.3 Å². The van der Waals surface area contributed by atoms with Gasteiger partial charge in [0.2, 0.25) is 0 Å². The van der Waals surface area contributed by atoms with Crippen molar-refractivity contribution in [1.29, 1.82) is 0 Å². The van der Waals surface area contributed by atoms with Gasteiger partial charge in [0.05, 0.1) is 5.56 Å². The number of carbonyl (C=O) groups excluding carboxylic acids is 2. The van der Waals surface area contributed by atoms with Crippen molar-refractivity contribution in [3.8, 4) is 0 Å². The first-order chi connectivity index (χ1) is 10.6. The molecule has 1 fully saturated rings. The predicted octanol–water partition coefficient (Wildman–Crippen LogP) is 2.61. The van der Waals surface area contributed by atoms with Gasteiger partial charge >= 0.3 is 6.03 Å². The van der Waals surface area contributed by atoms with Crippen molar-refractivity contribution >= 4 is 23.3 Å². The second-order valence-electron chi connectivity index (χ2n) is 4.86. The number of rotatable bonds is 3. The van der Waals surface area contributed by atoms with E-state index < -0.39 is 11.7 Å². The number of urea groups is 1. The molecule has 0 unspecified atom stereocenters. The van der Waals surface area contributed by atoms with E-state index in [0.29, 0.717) is 18.8 Å². The molecule has 6 heteroatoms. The van der Waals surface area contributed by atoms with Crippen LogP contribution in [0.15, 0.2) is 48.5 Å². The van der Waals surface area contributed by atoms with Gasteiger partial charge in [-0.15, -0.1) is 0 Å². The first-order valence-corrected chi connectivity index (χ1v) is 6.86. The molecule has 0 bridgehead atoms. The van der Waals surface area contributed by atoms with E-state index in [1.165, 1.54) is 18.2 Å². The number of nitrogens with zero attached hydrogens (tertiary/aromatic N) is 1. The fourth-order valence-electron chi connectivity index (χ4n) is 2.29. The fourth-order valence-corrected chi connectivity index (χ4v) is 2.29. The van der Waals surface area contributed by atoms with Gasteiger partial charge in [0.25, 0.3) is 5.91 Å². The van der Waals surface area contributed by atoms with Gasteiger partial charge in [-0.1, -0.05) is 12.1 Å². The van der Waals surface area contributed by atoms with Crippen LogP contribution in [0.4, 0.5) is 20.6 Å². The van der Waals surface area contributed by atoms with Crippen LogP contribution in [0.3, 0.4) is 0 Å². The minimum atomic E-state index is -0.564. The molecule has 0 aromatic heterocycles. The van der Waals surface area contributed by atoms with E-state index in [-0.39, 0.29) is 11.6 Å². The molecule has 0 spiro atoms. The van der Waals surface area contributed by atoms with Crippen LogP contribution in [0.5, 0.6) is 0 Å². The zero-order chi connectivity index (χ0) is 15.5. The molecule has 0 atom stereocenters. The molecule has 1 aliphatic heterocycles. The van der Waals surface area contributed by atoms with Crippen LogP contribution in [-0.4, -0.2) is 25.0 Å². The molecule has 2 aromatic carbocycles. The third kappa shape index (κ3) is 2.76. The van der Waals surface area contributed by atoms with E-state index in [0.717, 1.165) is 5.69 Å². The monoisotopic (exact) mass is 299 g/mol. The van der Waals surface area contributed by atoms with Gasteiger partial charge < -0.3 is 10.6 Å². The Morgan fingerprint density at radius 1 is 1.14 bits per heavy atom. The summed E-state index contributed by atoms with van der Waals surface area (Å²) in [4.78, 5) is 25.2. The minimum Gasteiger partial charge on any atom is -0.336 e. The molecule has 0 saturated carbocycles. The summed E-state index contributed by atoms with van der Waals surface area (Å²) in [6, 6.07) is 12.5. The van der Waals surface area contributed by atoms with E-state index in [9.17, 15) is 14.0 Å². The summed E-state index contributed by atoms with van der Waals surface area (Å²) in [5.41, 5.74) is 1.28. The number of nitrogens with one attached hydrogen (secondary N) is 2. The third-order valence-corrected chi connectivity index (χ3v) is 3.41. The number of hydrogen-bond acceptors (Lipinski definition) is 2. The SMILES string of the molecule is O=C(Nc1ccc(N2CCNC2=O)cc1)c1ccccc1F. The summed E-state index contributed by atoms with van der Waals surface area (Å²) in [5.74, 6) is -1.07. The Kier molecular flexibility index (Phi) is 3.74. The average molecular weight is 299 g/mol. The highest BCUT2D eigenvalue weighted by molar-refractivity contribution is 6.04. The fraction of sp³-hybridized carbons (Fsp3) is 0.125. The summed E-state index contributed by atoms with van der Waals surface area (Å²) in [6.45, 7) is 1.23. The lowest BCUT2D eigenvalue weighted by atomic mass is 10.2. The molecule has 3 amide bonds. The summed E-state index contributed by atoms with van der Waals surface area (Å²) < 4.78 is 13.5. The molecule has 1 saturated heterocycles. The lowest BCUT2D eigenvalue weighted by Crippen LogP contribution is -2.27. The van der Waals surface area contributed by atoms with Crippen LogP contribution in [0.1, 0.15) is 10.4 Å². The van der Waals surface area contributed by atoms with Gasteiger partial charge in [-0.3, -0.25) is 9.69 Å². The van der Waals surface area contributed by atoms with Crippen LogP contribution >= 0.6 is 0 Å². The van der Waals surface area contributed by atoms with Crippen LogP contribution in [-0.2, 0) is 0 Å². The lowest BCUT2D eigenvalue weighted by molar-refractivity contribution is 0.102. The van der Waals surface area contributed by atoms with E-state index in [1.54, 1.807) is 35.2 Å². The van der Waals surface area contributed by atoms with Gasteiger partial charge in [-0.25, -0.2) is 9.18 Å². The topological polar surface area (TPSA) is 61.4 Å². The number of hydrogen-bond donors (Lipinski definition) is 2. The standard InChI is InChI=1S/C16H14FN3O2/c17-14-4-2-1-3-13(14)15(21)19-11-5-7-12(8-6-11)20-10-9-18-16(20)22/h1-8H,9-10H2,(H,18,22)(H,19,21). The van der Waals surface area contributed by atoms with Crippen LogP contribution in [0.25, 0.3) is 0 Å². The molecular weight excluding hydrogens is 285 g/mol. The molecule has 3 rings (SSSR count). The zero-order valence-electron chi connectivity index (χ0n) is 11.7. The Morgan fingerprint density at radius 2 is 1.86 bits per heavy atom. The van der Waals surface area contributed by atoms with Crippen LogP contribution < -0.4 is 15.5 Å². The van der Waals surface area contributed by atoms with Crippen molar-refractivity contribution in [2.24, 2.45) is 0 Å². The highest BCUT2D eigenvalue weighted by atomic mass is 19.1. The van der Waals surface area contributed by atoms with Crippen molar-refractivity contribution in [2.45, 2.75) is 0 Å². The minimum absolute atomic E-state index is 0.00880. The maximum absolute atomic E-state index is 13.5. The number of halogens is 1. The van der Waals surface area contributed by atoms with E-state index >= 15 is 0 Å². The highest BCUT2D eigenvalue weighted by Gasteiger charge is 2.20. The second kappa shape index (κ2) is 5.85. The Labute approximate surface area is 126 Å². The van der Waals surface area contributed by atoms with Crippen molar-refractivity contribution in [3.63, 3.8) is 0 Å². The summed E-state index contributed by atoms with van der Waals surface area (Å²) >= 11 is 0. The average Bonchev–Trinajstić information content (AvgIpc) is 2.94. The first-order valence-electron chi connectivity index (χ1n) is 6.86. The Balaban J connectivity index is 1.72. The van der Waals surface area contributed by atoms with Gasteiger partial charge in [0.1, 0.15) is 5.82 Å². The van der Waals surface area contributed by atoms with Gasteiger partial charge in [0, 0.05) is 24.5 Å². The summed E-state index contributed by atoms with van der Waals surface area (Å²) in [7, 11) is 0. The molecule has 1 aliphatic rings. The molecular formula is C16H14FN3O2. The maximum atomic E-state index is 13.5. The van der Waals surface area contributed by atoms with E-state index in [2.05, 4.69) is 10.6 Å². The molecule has 2 N–H and O–H groups in total. The first kappa shape index (κ1) is 14.1. The molecule has 1 heterocycles. The molecule has 0 aliphatic carbocycles. The number of anilines is 2. The quantitative estimate of drug-likeness (QED) is 0.915. The third-order valence-electron chi connectivity index (χ3n) is 3.41. The Bertz CT molecular complexity index is 716. The number of benzene rings is 2. The lowest BCUT2D eigenvalue weighted by Gasteiger charge is -2.14. The largest absolute Gasteiger partial charge is 0.336 e. The molecule has 2 aromatic rings. The maximum Gasteiger partial charge on any atom is 0.321 e. The van der Waals surface area contributed by atoms with Crippen molar-refractivity contribution in [3.05, 3.63) is 59.9 Å².